The third kappa shape index (κ3) is 7.94. The number of carboxylic acid groups (broad SMARTS) is 1. The molecule has 0 aliphatic heterocycles. The Morgan fingerprint density at radius 2 is 1.18 bits per heavy atom. The molecule has 0 aromatic heterocycles. The molecule has 0 aliphatic carbocycles. The van der Waals surface area contributed by atoms with Crippen LogP contribution in [0.1, 0.15) is 30.5 Å². The van der Waals surface area contributed by atoms with Crippen molar-refractivity contribution in [3.05, 3.63) is 108 Å². The highest BCUT2D eigenvalue weighted by atomic mass is 32.2. The summed E-state index contributed by atoms with van der Waals surface area (Å²) in [5.74, 6) is -2.84. The first-order valence-corrected chi connectivity index (χ1v) is 13.6. The number of amides is 3. The van der Waals surface area contributed by atoms with E-state index in [4.69, 9.17) is 5.11 Å². The molecule has 9 heteroatoms. The van der Waals surface area contributed by atoms with Crippen LogP contribution in [0.2, 0.25) is 0 Å². The first-order valence-electron chi connectivity index (χ1n) is 12.6. The van der Waals surface area contributed by atoms with Crippen molar-refractivity contribution >= 4 is 35.5 Å². The van der Waals surface area contributed by atoms with Crippen molar-refractivity contribution < 1.29 is 24.3 Å². The van der Waals surface area contributed by atoms with Crippen molar-refractivity contribution in [1.82, 2.24) is 16.0 Å². The van der Waals surface area contributed by atoms with Crippen LogP contribution < -0.4 is 16.0 Å². The lowest BCUT2D eigenvalue weighted by molar-refractivity contribution is -0.138. The normalized spacial score (nSPS) is 11.9. The summed E-state index contributed by atoms with van der Waals surface area (Å²) in [6.45, 7) is 2.66. The smallest absolute Gasteiger partial charge is 0.322 e. The molecule has 0 unspecified atom stereocenters. The van der Waals surface area contributed by atoms with Crippen molar-refractivity contribution in [3.8, 4) is 0 Å². The average Bonchev–Trinajstić information content (AvgIpc) is 2.95. The molecule has 3 aromatic carbocycles. The fourth-order valence-corrected chi connectivity index (χ4v) is 5.55. The van der Waals surface area contributed by atoms with E-state index in [1.165, 1.54) is 11.8 Å². The van der Waals surface area contributed by atoms with E-state index in [-0.39, 0.29) is 24.1 Å². The van der Waals surface area contributed by atoms with E-state index in [2.05, 4.69) is 16.0 Å². The van der Waals surface area contributed by atoms with Gasteiger partial charge in [-0.15, -0.1) is 11.8 Å². The zero-order valence-corrected chi connectivity index (χ0v) is 22.7. The third-order valence-corrected chi connectivity index (χ3v) is 7.63. The van der Waals surface area contributed by atoms with E-state index in [1.54, 1.807) is 13.8 Å². The Hall–Kier alpha value is -4.11. The van der Waals surface area contributed by atoms with Crippen LogP contribution in [0.5, 0.6) is 0 Å². The highest BCUT2D eigenvalue weighted by molar-refractivity contribution is 8.01. The summed E-state index contributed by atoms with van der Waals surface area (Å²) in [5.41, 5.74) is 3.06. The molecule has 0 radical (unpaired) electrons. The van der Waals surface area contributed by atoms with Gasteiger partial charge in [-0.1, -0.05) is 105 Å². The Bertz CT molecular complexity index is 1160. The Morgan fingerprint density at radius 1 is 0.718 bits per heavy atom. The third-order valence-electron chi connectivity index (χ3n) is 6.09. The fraction of sp³-hybridized carbons (Fsp3) is 0.267. The average molecular weight is 548 g/mol. The van der Waals surface area contributed by atoms with Crippen molar-refractivity contribution in [2.24, 2.45) is 5.92 Å². The number of rotatable bonds is 13. The number of hydrogen-bond donors (Lipinski definition) is 4. The summed E-state index contributed by atoms with van der Waals surface area (Å²) in [5, 5.41) is 16.2. The molecule has 39 heavy (non-hydrogen) atoms. The standard InChI is InChI=1S/C30H33N3O5S/c1-21(2)28(29(38)32-18-25(34)31-19-27(36)37)33-26(35)20-39-30(22-12-6-3-7-13-22,23-14-8-4-9-15-23)24-16-10-5-11-17-24/h3-17,21,28H,18-20H2,1-2H3,(H,31,34)(H,32,38)(H,33,35)(H,36,37)/t28-/m0/s1. The van der Waals surface area contributed by atoms with Gasteiger partial charge in [0.15, 0.2) is 0 Å². The maximum atomic E-state index is 13.3. The molecule has 0 spiro atoms. The number of nitrogens with one attached hydrogen (secondary N) is 3. The van der Waals surface area contributed by atoms with Crippen molar-refractivity contribution in [2.45, 2.75) is 24.6 Å². The lowest BCUT2D eigenvalue weighted by Crippen LogP contribution is -2.52. The number of aliphatic carboxylic acids is 1. The van der Waals surface area contributed by atoms with Crippen LogP contribution in [0.25, 0.3) is 0 Å². The summed E-state index contributed by atoms with van der Waals surface area (Å²) >= 11 is 1.47. The molecule has 3 amide bonds. The van der Waals surface area contributed by atoms with Crippen LogP contribution in [0.15, 0.2) is 91.0 Å². The van der Waals surface area contributed by atoms with Gasteiger partial charge in [0, 0.05) is 0 Å². The molecule has 3 aromatic rings. The molecule has 1 atom stereocenters. The molecule has 204 valence electrons. The van der Waals surface area contributed by atoms with Crippen LogP contribution in [-0.4, -0.2) is 53.7 Å². The lowest BCUT2D eigenvalue weighted by atomic mass is 9.84. The highest BCUT2D eigenvalue weighted by Gasteiger charge is 2.38. The molecule has 0 bridgehead atoms. The van der Waals surface area contributed by atoms with Crippen LogP contribution in [0, 0.1) is 5.92 Å². The number of carbonyl (C=O) groups is 4. The molecule has 0 saturated heterocycles. The maximum Gasteiger partial charge on any atom is 0.322 e. The summed E-state index contributed by atoms with van der Waals surface area (Å²) in [7, 11) is 0. The van der Waals surface area contributed by atoms with Gasteiger partial charge < -0.3 is 21.1 Å². The predicted molar refractivity (Wildman–Crippen MR) is 152 cm³/mol. The fourth-order valence-electron chi connectivity index (χ4n) is 4.21. The summed E-state index contributed by atoms with van der Waals surface area (Å²) in [6, 6.07) is 29.1. The molecule has 0 saturated carbocycles. The van der Waals surface area contributed by atoms with Gasteiger partial charge in [0.2, 0.25) is 17.7 Å². The first-order chi connectivity index (χ1) is 18.7. The topological polar surface area (TPSA) is 125 Å². The molecule has 8 nitrogen and oxygen atoms in total. The van der Waals surface area contributed by atoms with Crippen molar-refractivity contribution in [2.75, 3.05) is 18.8 Å². The van der Waals surface area contributed by atoms with Gasteiger partial charge >= 0.3 is 5.97 Å². The first kappa shape index (κ1) is 29.4. The molecule has 3 rings (SSSR count). The van der Waals surface area contributed by atoms with E-state index in [9.17, 15) is 19.2 Å². The number of benzene rings is 3. The zero-order chi connectivity index (χ0) is 28.3. The second-order valence-corrected chi connectivity index (χ2v) is 10.4. The number of carbonyl (C=O) groups excluding carboxylic acids is 3. The molecule has 0 heterocycles. The van der Waals surface area contributed by atoms with Crippen molar-refractivity contribution in [1.29, 1.82) is 0 Å². The quantitative estimate of drug-likeness (QED) is 0.244. The Labute approximate surface area is 232 Å². The van der Waals surface area contributed by atoms with E-state index < -0.39 is 35.1 Å². The van der Waals surface area contributed by atoms with Gasteiger partial charge in [-0.2, -0.15) is 0 Å². The van der Waals surface area contributed by atoms with E-state index >= 15 is 0 Å². The van der Waals surface area contributed by atoms with Crippen LogP contribution in [-0.2, 0) is 23.9 Å². The largest absolute Gasteiger partial charge is 0.480 e. The highest BCUT2D eigenvalue weighted by Crippen LogP contribution is 2.48. The van der Waals surface area contributed by atoms with Crippen molar-refractivity contribution in [3.63, 3.8) is 0 Å². The molecule has 4 N–H and O–H groups in total. The Balaban J connectivity index is 1.80. The number of thioether (sulfide) groups is 1. The monoisotopic (exact) mass is 547 g/mol. The van der Waals surface area contributed by atoms with E-state index in [0.717, 1.165) is 16.7 Å². The summed E-state index contributed by atoms with van der Waals surface area (Å²) in [4.78, 5) is 48.5. The van der Waals surface area contributed by atoms with Gasteiger partial charge in [-0.05, 0) is 22.6 Å². The van der Waals surface area contributed by atoms with E-state index in [1.807, 2.05) is 91.0 Å². The van der Waals surface area contributed by atoms with Gasteiger partial charge in [0.25, 0.3) is 0 Å². The second-order valence-electron chi connectivity index (χ2n) is 9.25. The van der Waals surface area contributed by atoms with Gasteiger partial charge in [0.05, 0.1) is 17.0 Å². The SMILES string of the molecule is CC(C)[C@H](NC(=O)CSC(c1ccccc1)(c1ccccc1)c1ccccc1)C(=O)NCC(=O)NCC(=O)O. The molecular formula is C30H33N3O5S. The van der Waals surface area contributed by atoms with Gasteiger partial charge in [-0.25, -0.2) is 0 Å². The minimum atomic E-state index is -1.18. The summed E-state index contributed by atoms with van der Waals surface area (Å²) in [6.07, 6.45) is 0. The Morgan fingerprint density at radius 3 is 1.59 bits per heavy atom. The second kappa shape index (κ2) is 14.2. The van der Waals surface area contributed by atoms with Gasteiger partial charge in [0.1, 0.15) is 12.6 Å². The predicted octanol–water partition coefficient (Wildman–Crippen LogP) is 3.17. The van der Waals surface area contributed by atoms with Crippen LogP contribution in [0.3, 0.4) is 0 Å². The Kier molecular flexibility index (Phi) is 10.7. The molecular weight excluding hydrogens is 514 g/mol. The van der Waals surface area contributed by atoms with Gasteiger partial charge in [-0.3, -0.25) is 19.2 Å². The summed E-state index contributed by atoms with van der Waals surface area (Å²) < 4.78 is -0.682. The molecule has 0 fully saturated rings. The lowest BCUT2D eigenvalue weighted by Gasteiger charge is -2.35. The minimum absolute atomic E-state index is 0.0638. The maximum absolute atomic E-state index is 13.3. The number of hydrogen-bond acceptors (Lipinski definition) is 5. The molecule has 0 aliphatic rings. The minimum Gasteiger partial charge on any atom is -0.480 e. The van der Waals surface area contributed by atoms with Crippen LogP contribution in [0.4, 0.5) is 0 Å². The van der Waals surface area contributed by atoms with Crippen LogP contribution >= 0.6 is 11.8 Å². The zero-order valence-electron chi connectivity index (χ0n) is 21.9. The van der Waals surface area contributed by atoms with E-state index in [0.29, 0.717) is 0 Å². The number of carboxylic acids is 1.